The molecule has 5 heteroatoms. The minimum atomic E-state index is -1.10. The molecule has 1 unspecified atom stereocenters. The van der Waals surface area contributed by atoms with Crippen molar-refractivity contribution in [2.75, 3.05) is 12.4 Å². The van der Waals surface area contributed by atoms with E-state index in [1.807, 2.05) is 6.07 Å². The van der Waals surface area contributed by atoms with Gasteiger partial charge in [0.15, 0.2) is 11.6 Å². The van der Waals surface area contributed by atoms with Crippen molar-refractivity contribution in [3.05, 3.63) is 24.0 Å². The number of ether oxygens (including phenoxy) is 1. The number of hydrogen-bond donors (Lipinski definition) is 1. The summed E-state index contributed by atoms with van der Waals surface area (Å²) in [7, 11) is 1.34. The van der Waals surface area contributed by atoms with E-state index in [2.05, 4.69) is 5.32 Å². The molecular formula is C13H15FN2O2. The molecule has 0 aliphatic rings. The fourth-order valence-corrected chi connectivity index (χ4v) is 1.30. The Morgan fingerprint density at radius 1 is 1.61 bits per heavy atom. The van der Waals surface area contributed by atoms with Crippen LogP contribution in [-0.4, -0.2) is 13.0 Å². The van der Waals surface area contributed by atoms with E-state index >= 15 is 0 Å². The average Bonchev–Trinajstić information content (AvgIpc) is 2.39. The van der Waals surface area contributed by atoms with Crippen LogP contribution in [0.1, 0.15) is 20.3 Å². The number of carbonyl (C=O) groups excluding carboxylic acids is 1. The van der Waals surface area contributed by atoms with Crippen molar-refractivity contribution in [3.8, 4) is 11.8 Å². The monoisotopic (exact) mass is 250 g/mol. The molecular weight excluding hydrogens is 235 g/mol. The number of rotatable bonds is 4. The summed E-state index contributed by atoms with van der Waals surface area (Å²) in [4.78, 5) is 11.9. The molecule has 0 radical (unpaired) electrons. The molecule has 0 spiro atoms. The van der Waals surface area contributed by atoms with Crippen LogP contribution in [0.4, 0.5) is 10.1 Å². The fraction of sp³-hybridized carbons (Fsp3) is 0.385. The third-order valence-electron chi connectivity index (χ3n) is 2.86. The second kappa shape index (κ2) is 5.50. The number of carbonyl (C=O) groups is 1. The van der Waals surface area contributed by atoms with Gasteiger partial charge in [-0.05, 0) is 25.5 Å². The summed E-state index contributed by atoms with van der Waals surface area (Å²) in [6, 6.07) is 5.96. The van der Waals surface area contributed by atoms with Crippen LogP contribution in [0.25, 0.3) is 0 Å². The molecule has 0 aliphatic carbocycles. The number of nitrogens with one attached hydrogen (secondary N) is 1. The molecule has 0 aromatic heterocycles. The maximum absolute atomic E-state index is 13.2. The summed E-state index contributed by atoms with van der Waals surface area (Å²) >= 11 is 0. The zero-order valence-electron chi connectivity index (χ0n) is 10.6. The Morgan fingerprint density at radius 3 is 2.78 bits per heavy atom. The molecule has 0 aliphatic heterocycles. The maximum atomic E-state index is 13.2. The number of nitrogens with zero attached hydrogens (tertiary/aromatic N) is 1. The van der Waals surface area contributed by atoms with Crippen molar-refractivity contribution in [1.29, 1.82) is 5.26 Å². The number of hydrogen-bond acceptors (Lipinski definition) is 3. The topological polar surface area (TPSA) is 62.1 Å². The van der Waals surface area contributed by atoms with Gasteiger partial charge in [-0.15, -0.1) is 0 Å². The van der Waals surface area contributed by atoms with Gasteiger partial charge in [0.05, 0.1) is 13.2 Å². The van der Waals surface area contributed by atoms with Crippen LogP contribution in [0, 0.1) is 22.6 Å². The van der Waals surface area contributed by atoms with Gasteiger partial charge in [0.2, 0.25) is 5.91 Å². The van der Waals surface area contributed by atoms with Crippen LogP contribution < -0.4 is 10.1 Å². The highest BCUT2D eigenvalue weighted by Crippen LogP contribution is 2.25. The van der Waals surface area contributed by atoms with Crippen LogP contribution in [0.3, 0.4) is 0 Å². The van der Waals surface area contributed by atoms with E-state index in [-0.39, 0.29) is 5.75 Å². The molecule has 1 N–H and O–H groups in total. The minimum Gasteiger partial charge on any atom is -0.494 e. The lowest BCUT2D eigenvalue weighted by Crippen LogP contribution is -2.31. The maximum Gasteiger partial charge on any atom is 0.244 e. The van der Waals surface area contributed by atoms with Gasteiger partial charge in [-0.25, -0.2) is 4.39 Å². The quantitative estimate of drug-likeness (QED) is 0.893. The number of nitriles is 1. The summed E-state index contributed by atoms with van der Waals surface area (Å²) < 4.78 is 18.0. The molecule has 1 aromatic rings. The van der Waals surface area contributed by atoms with Crippen LogP contribution in [0.15, 0.2) is 18.2 Å². The Hall–Kier alpha value is -2.09. The molecule has 0 bridgehead atoms. The highest BCUT2D eigenvalue weighted by Gasteiger charge is 2.31. The highest BCUT2D eigenvalue weighted by molar-refractivity contribution is 5.97. The molecule has 96 valence electrons. The van der Waals surface area contributed by atoms with Crippen molar-refractivity contribution in [2.45, 2.75) is 20.3 Å². The van der Waals surface area contributed by atoms with Crippen LogP contribution in [0.5, 0.6) is 5.75 Å². The number of amides is 1. The van der Waals surface area contributed by atoms with Crippen molar-refractivity contribution in [1.82, 2.24) is 0 Å². The van der Waals surface area contributed by atoms with Gasteiger partial charge in [0.1, 0.15) is 5.41 Å². The van der Waals surface area contributed by atoms with E-state index in [0.717, 1.165) is 0 Å². The van der Waals surface area contributed by atoms with Crippen molar-refractivity contribution in [3.63, 3.8) is 0 Å². The molecule has 1 amide bonds. The van der Waals surface area contributed by atoms with Gasteiger partial charge >= 0.3 is 0 Å². The molecule has 0 heterocycles. The molecule has 0 saturated heterocycles. The zero-order valence-corrected chi connectivity index (χ0v) is 10.6. The second-order valence-corrected chi connectivity index (χ2v) is 4.10. The first-order valence-corrected chi connectivity index (χ1v) is 5.53. The molecule has 1 atom stereocenters. The molecule has 18 heavy (non-hydrogen) atoms. The third kappa shape index (κ3) is 2.77. The van der Waals surface area contributed by atoms with Crippen molar-refractivity contribution >= 4 is 11.6 Å². The highest BCUT2D eigenvalue weighted by atomic mass is 19.1. The molecule has 4 nitrogen and oxygen atoms in total. The number of methoxy groups -OCH3 is 1. The average molecular weight is 250 g/mol. The Morgan fingerprint density at radius 2 is 2.28 bits per heavy atom. The largest absolute Gasteiger partial charge is 0.494 e. The lowest BCUT2D eigenvalue weighted by atomic mass is 9.88. The summed E-state index contributed by atoms with van der Waals surface area (Å²) in [5.74, 6) is -0.877. The van der Waals surface area contributed by atoms with Gasteiger partial charge in [0.25, 0.3) is 0 Å². The number of benzene rings is 1. The Bertz CT molecular complexity index is 496. The predicted octanol–water partition coefficient (Wildman–Crippen LogP) is 2.71. The first-order chi connectivity index (χ1) is 8.46. The van der Waals surface area contributed by atoms with Gasteiger partial charge < -0.3 is 10.1 Å². The minimum absolute atomic E-state index is 0.0444. The third-order valence-corrected chi connectivity index (χ3v) is 2.86. The standard InChI is InChI=1S/C13H15FN2O2/c1-4-13(2,8-15)12(17)16-9-5-6-10(14)11(7-9)18-3/h5-7H,4H2,1-3H3,(H,16,17). The van der Waals surface area contributed by atoms with E-state index in [0.29, 0.717) is 12.1 Å². The Balaban J connectivity index is 2.93. The van der Waals surface area contributed by atoms with Gasteiger partial charge in [-0.2, -0.15) is 5.26 Å². The number of halogens is 1. The summed E-state index contributed by atoms with van der Waals surface area (Å²) in [5.41, 5.74) is -0.699. The lowest BCUT2D eigenvalue weighted by molar-refractivity contribution is -0.122. The van der Waals surface area contributed by atoms with Gasteiger partial charge in [0, 0.05) is 11.8 Å². The first kappa shape index (κ1) is 14.0. The molecule has 1 aromatic carbocycles. The number of anilines is 1. The molecule has 1 rings (SSSR count). The fourth-order valence-electron chi connectivity index (χ4n) is 1.30. The zero-order chi connectivity index (χ0) is 13.8. The predicted molar refractivity (Wildman–Crippen MR) is 65.6 cm³/mol. The van der Waals surface area contributed by atoms with Crippen molar-refractivity contribution in [2.24, 2.45) is 5.41 Å². The van der Waals surface area contributed by atoms with Crippen molar-refractivity contribution < 1.29 is 13.9 Å². The summed E-state index contributed by atoms with van der Waals surface area (Å²) in [6.07, 6.45) is 0.396. The lowest BCUT2D eigenvalue weighted by Gasteiger charge is -2.18. The summed E-state index contributed by atoms with van der Waals surface area (Å²) in [6.45, 7) is 3.32. The van der Waals surface area contributed by atoms with Crippen LogP contribution >= 0.6 is 0 Å². The van der Waals surface area contributed by atoms with Crippen LogP contribution in [-0.2, 0) is 4.79 Å². The van der Waals surface area contributed by atoms with E-state index < -0.39 is 17.1 Å². The Kier molecular flexibility index (Phi) is 4.27. The Labute approximate surface area is 105 Å². The van der Waals surface area contributed by atoms with E-state index in [4.69, 9.17) is 10.00 Å². The van der Waals surface area contributed by atoms with Gasteiger partial charge in [-0.3, -0.25) is 4.79 Å². The summed E-state index contributed by atoms with van der Waals surface area (Å²) in [5, 5.41) is 11.6. The van der Waals surface area contributed by atoms with Crippen LogP contribution in [0.2, 0.25) is 0 Å². The van der Waals surface area contributed by atoms with E-state index in [9.17, 15) is 9.18 Å². The van der Waals surface area contributed by atoms with E-state index in [1.165, 1.54) is 25.3 Å². The first-order valence-electron chi connectivity index (χ1n) is 5.53. The second-order valence-electron chi connectivity index (χ2n) is 4.10. The molecule has 0 fully saturated rings. The SMILES string of the molecule is CCC(C)(C#N)C(=O)Nc1ccc(F)c(OC)c1. The normalized spacial score (nSPS) is 13.3. The van der Waals surface area contributed by atoms with E-state index in [1.54, 1.807) is 13.8 Å². The smallest absolute Gasteiger partial charge is 0.244 e. The molecule has 0 saturated carbocycles. The van der Waals surface area contributed by atoms with Gasteiger partial charge in [-0.1, -0.05) is 6.92 Å².